The summed E-state index contributed by atoms with van der Waals surface area (Å²) in [6.45, 7) is 5.92. The number of nitrogens with two attached hydrogens (primary N) is 1. The van der Waals surface area contributed by atoms with E-state index in [1.165, 1.54) is 11.3 Å². The molecule has 6 heteroatoms. The zero-order valence-corrected chi connectivity index (χ0v) is 11.7. The predicted octanol–water partition coefficient (Wildman–Crippen LogP) is 2.01. The molecular formula is C12H19N3O2S. The van der Waals surface area contributed by atoms with Crippen molar-refractivity contribution in [2.75, 3.05) is 0 Å². The fraction of sp³-hybridized carbons (Fsp3) is 0.500. The second-order valence-electron chi connectivity index (χ2n) is 4.22. The van der Waals surface area contributed by atoms with Crippen molar-refractivity contribution >= 4 is 23.1 Å². The summed E-state index contributed by atoms with van der Waals surface area (Å²) < 4.78 is 0. The van der Waals surface area contributed by atoms with Gasteiger partial charge in [0, 0.05) is 17.3 Å². The van der Waals surface area contributed by atoms with Crippen LogP contribution < -0.4 is 11.1 Å². The van der Waals surface area contributed by atoms with Crippen molar-refractivity contribution in [3.63, 3.8) is 0 Å². The van der Waals surface area contributed by atoms with Crippen LogP contribution in [-0.2, 0) is 0 Å². The van der Waals surface area contributed by atoms with Crippen molar-refractivity contribution in [2.45, 2.75) is 39.7 Å². The third kappa shape index (κ3) is 3.73. The molecule has 0 aromatic carbocycles. The van der Waals surface area contributed by atoms with Gasteiger partial charge in [0.15, 0.2) is 0 Å². The molecule has 0 aliphatic heterocycles. The number of hydrogen-bond acceptors (Lipinski definition) is 4. The van der Waals surface area contributed by atoms with Crippen LogP contribution in [0.1, 0.15) is 39.9 Å². The summed E-state index contributed by atoms with van der Waals surface area (Å²) in [7, 11) is 0. The van der Waals surface area contributed by atoms with Gasteiger partial charge < -0.3 is 16.3 Å². The Morgan fingerprint density at radius 2 is 2.28 bits per heavy atom. The maximum absolute atomic E-state index is 12.0. The van der Waals surface area contributed by atoms with Gasteiger partial charge in [-0.05, 0) is 31.9 Å². The van der Waals surface area contributed by atoms with Crippen molar-refractivity contribution < 1.29 is 10.0 Å². The first kappa shape index (κ1) is 14.5. The Bertz CT molecular complexity index is 435. The molecule has 0 aliphatic rings. The van der Waals surface area contributed by atoms with Crippen LogP contribution in [0.15, 0.2) is 11.2 Å². The van der Waals surface area contributed by atoms with Gasteiger partial charge in [0.1, 0.15) is 5.84 Å². The smallest absolute Gasteiger partial charge is 0.261 e. The summed E-state index contributed by atoms with van der Waals surface area (Å²) in [6.07, 6.45) is 1.08. The summed E-state index contributed by atoms with van der Waals surface area (Å²) in [5.41, 5.74) is 6.56. The van der Waals surface area contributed by atoms with Gasteiger partial charge in [0.05, 0.1) is 4.88 Å². The molecule has 1 aromatic heterocycles. The molecule has 18 heavy (non-hydrogen) atoms. The molecule has 0 fully saturated rings. The largest absolute Gasteiger partial charge is 0.409 e. The molecule has 1 unspecified atom stereocenters. The molecule has 0 aliphatic carbocycles. The van der Waals surface area contributed by atoms with Crippen molar-refractivity contribution in [1.29, 1.82) is 0 Å². The van der Waals surface area contributed by atoms with Crippen molar-refractivity contribution in [3.05, 3.63) is 21.4 Å². The molecule has 4 N–H and O–H groups in total. The van der Waals surface area contributed by atoms with E-state index in [-0.39, 0.29) is 17.8 Å². The highest BCUT2D eigenvalue weighted by molar-refractivity contribution is 7.14. The Kier molecular flexibility index (Phi) is 5.15. The van der Waals surface area contributed by atoms with Gasteiger partial charge in [-0.3, -0.25) is 4.79 Å². The Balaban J connectivity index is 2.67. The highest BCUT2D eigenvalue weighted by atomic mass is 32.1. The highest BCUT2D eigenvalue weighted by Gasteiger charge is 2.16. The summed E-state index contributed by atoms with van der Waals surface area (Å²) in [6, 6.07) is 1.77. The first-order valence-electron chi connectivity index (χ1n) is 5.82. The van der Waals surface area contributed by atoms with Gasteiger partial charge in [-0.15, -0.1) is 11.3 Å². The Morgan fingerprint density at radius 3 is 2.72 bits per heavy atom. The second kappa shape index (κ2) is 6.39. The number of amides is 1. The lowest BCUT2D eigenvalue weighted by molar-refractivity contribution is 0.0941. The van der Waals surface area contributed by atoms with Crippen LogP contribution in [0, 0.1) is 13.8 Å². The number of aryl methyl sites for hydroxylation is 2. The topological polar surface area (TPSA) is 87.7 Å². The lowest BCUT2D eigenvalue weighted by Gasteiger charge is -2.15. The molecule has 100 valence electrons. The molecule has 0 bridgehead atoms. The van der Waals surface area contributed by atoms with E-state index < -0.39 is 0 Å². The third-order valence-corrected chi connectivity index (χ3v) is 3.95. The van der Waals surface area contributed by atoms with Gasteiger partial charge in [-0.1, -0.05) is 12.1 Å². The van der Waals surface area contributed by atoms with Crippen molar-refractivity contribution in [1.82, 2.24) is 5.32 Å². The van der Waals surface area contributed by atoms with E-state index in [4.69, 9.17) is 10.9 Å². The number of oxime groups is 1. The van der Waals surface area contributed by atoms with E-state index in [9.17, 15) is 4.79 Å². The molecule has 1 amide bonds. The lowest BCUT2D eigenvalue weighted by atomic mass is 10.1. The van der Waals surface area contributed by atoms with Gasteiger partial charge in [-0.2, -0.15) is 0 Å². The molecule has 0 saturated carbocycles. The monoisotopic (exact) mass is 269 g/mol. The minimum atomic E-state index is -0.115. The fourth-order valence-corrected chi connectivity index (χ4v) is 2.47. The van der Waals surface area contributed by atoms with Crippen LogP contribution in [0.2, 0.25) is 0 Å². The summed E-state index contributed by atoms with van der Waals surface area (Å²) in [5, 5.41) is 14.3. The van der Waals surface area contributed by atoms with Crippen molar-refractivity contribution in [3.8, 4) is 0 Å². The summed E-state index contributed by atoms with van der Waals surface area (Å²) in [5.74, 6) is 0.0227. The van der Waals surface area contributed by atoms with E-state index in [2.05, 4.69) is 10.5 Å². The van der Waals surface area contributed by atoms with Crippen LogP contribution in [0.3, 0.4) is 0 Å². The Morgan fingerprint density at radius 1 is 1.61 bits per heavy atom. The van der Waals surface area contributed by atoms with Crippen molar-refractivity contribution in [2.24, 2.45) is 10.9 Å². The molecule has 1 aromatic rings. The normalized spacial score (nSPS) is 13.4. The molecule has 1 heterocycles. The predicted molar refractivity (Wildman–Crippen MR) is 73.4 cm³/mol. The van der Waals surface area contributed by atoms with Crippen LogP contribution in [-0.4, -0.2) is 23.0 Å². The number of carbonyl (C=O) groups is 1. The average molecular weight is 269 g/mol. The van der Waals surface area contributed by atoms with E-state index in [1.54, 1.807) is 0 Å². The minimum Gasteiger partial charge on any atom is -0.409 e. The first-order chi connectivity index (χ1) is 8.47. The van der Waals surface area contributed by atoms with E-state index in [0.717, 1.165) is 16.9 Å². The number of nitrogens with one attached hydrogen (secondary N) is 1. The standard InChI is InChI=1S/C12H19N3O2S/c1-4-9(6-11(13)15-17)14-12(16)10-5-7(2)8(3)18-10/h5,9,17H,4,6H2,1-3H3,(H2,13,15)(H,14,16). The minimum absolute atomic E-state index is 0.103. The van der Waals surface area contributed by atoms with Gasteiger partial charge in [-0.25, -0.2) is 0 Å². The number of amidine groups is 1. The highest BCUT2D eigenvalue weighted by Crippen LogP contribution is 2.20. The second-order valence-corrected chi connectivity index (χ2v) is 5.48. The third-order valence-electron chi connectivity index (χ3n) is 2.80. The number of thiophene rings is 1. The van der Waals surface area contributed by atoms with E-state index in [1.807, 2.05) is 26.8 Å². The molecular weight excluding hydrogens is 250 g/mol. The number of hydrogen-bond donors (Lipinski definition) is 3. The number of carbonyl (C=O) groups excluding carboxylic acids is 1. The van der Waals surface area contributed by atoms with E-state index >= 15 is 0 Å². The average Bonchev–Trinajstić information content (AvgIpc) is 2.68. The molecule has 1 atom stereocenters. The Hall–Kier alpha value is -1.56. The lowest BCUT2D eigenvalue weighted by Crippen LogP contribution is -2.37. The molecule has 0 radical (unpaired) electrons. The number of nitrogens with zero attached hydrogens (tertiary/aromatic N) is 1. The first-order valence-corrected chi connectivity index (χ1v) is 6.63. The Labute approximate surface area is 111 Å². The zero-order valence-electron chi connectivity index (χ0n) is 10.9. The maximum Gasteiger partial charge on any atom is 0.261 e. The SMILES string of the molecule is CCC(CC(N)=NO)NC(=O)c1cc(C)c(C)s1. The molecule has 1 rings (SSSR count). The number of rotatable bonds is 5. The zero-order chi connectivity index (χ0) is 13.7. The molecule has 0 spiro atoms. The van der Waals surface area contributed by atoms with Gasteiger partial charge in [0.2, 0.25) is 0 Å². The molecule has 5 nitrogen and oxygen atoms in total. The summed E-state index contributed by atoms with van der Waals surface area (Å²) >= 11 is 1.48. The van der Waals surface area contributed by atoms with Crippen LogP contribution in [0.5, 0.6) is 0 Å². The van der Waals surface area contributed by atoms with Gasteiger partial charge in [0.25, 0.3) is 5.91 Å². The van der Waals surface area contributed by atoms with Crippen LogP contribution in [0.25, 0.3) is 0 Å². The van der Waals surface area contributed by atoms with Crippen LogP contribution >= 0.6 is 11.3 Å². The fourth-order valence-electron chi connectivity index (χ4n) is 1.53. The molecule has 0 saturated heterocycles. The quantitative estimate of drug-likeness (QED) is 0.331. The van der Waals surface area contributed by atoms with Crippen LogP contribution in [0.4, 0.5) is 0 Å². The summed E-state index contributed by atoms with van der Waals surface area (Å²) in [4.78, 5) is 13.8. The maximum atomic E-state index is 12.0. The van der Waals surface area contributed by atoms with Gasteiger partial charge >= 0.3 is 0 Å². The van der Waals surface area contributed by atoms with E-state index in [0.29, 0.717) is 11.3 Å².